The molecule has 1 N–H and O–H groups in total. The van der Waals surface area contributed by atoms with E-state index in [0.29, 0.717) is 24.0 Å². The first-order valence-corrected chi connectivity index (χ1v) is 9.39. The van der Waals surface area contributed by atoms with Gasteiger partial charge >= 0.3 is 5.97 Å². The smallest absolute Gasteiger partial charge is 0.360 e. The molecule has 0 bridgehead atoms. The molecule has 28 heavy (non-hydrogen) atoms. The van der Waals surface area contributed by atoms with Gasteiger partial charge in [-0.05, 0) is 43.2 Å². The van der Waals surface area contributed by atoms with Gasteiger partial charge in [0.1, 0.15) is 5.75 Å². The summed E-state index contributed by atoms with van der Waals surface area (Å²) in [6.07, 6.45) is 0.957. The Balaban J connectivity index is 1.60. The van der Waals surface area contributed by atoms with Crippen molar-refractivity contribution in [2.75, 3.05) is 24.6 Å². The van der Waals surface area contributed by atoms with Crippen molar-refractivity contribution in [3.05, 3.63) is 65.9 Å². The van der Waals surface area contributed by atoms with E-state index in [9.17, 15) is 9.90 Å². The number of carboxylic acid groups (broad SMARTS) is 1. The number of carboxylic acids is 1. The van der Waals surface area contributed by atoms with Crippen LogP contribution in [0.5, 0.6) is 5.75 Å². The Morgan fingerprint density at radius 1 is 1.14 bits per heavy atom. The molecular weight excluding hydrogens is 356 g/mol. The van der Waals surface area contributed by atoms with Gasteiger partial charge in [0, 0.05) is 19.0 Å². The van der Waals surface area contributed by atoms with Crippen molar-refractivity contribution < 1.29 is 14.6 Å². The molecule has 144 valence electrons. The van der Waals surface area contributed by atoms with Gasteiger partial charge in [-0.15, -0.1) is 15.0 Å². The number of hydrogen-bond acceptors (Lipinski definition) is 5. The Morgan fingerprint density at radius 2 is 1.89 bits per heavy atom. The minimum Gasteiger partial charge on any atom is -0.494 e. The number of ether oxygens (including phenoxy) is 1. The molecule has 7 nitrogen and oxygen atoms in total. The van der Waals surface area contributed by atoms with Crippen molar-refractivity contribution in [1.82, 2.24) is 15.0 Å². The van der Waals surface area contributed by atoms with Gasteiger partial charge in [-0.25, -0.2) is 4.79 Å². The second-order valence-electron chi connectivity index (χ2n) is 6.74. The van der Waals surface area contributed by atoms with Crippen LogP contribution >= 0.6 is 0 Å². The topological polar surface area (TPSA) is 80.5 Å². The monoisotopic (exact) mass is 378 g/mol. The molecule has 1 atom stereocenters. The fourth-order valence-electron chi connectivity index (χ4n) is 3.56. The Hall–Kier alpha value is -3.35. The van der Waals surface area contributed by atoms with Crippen LogP contribution in [0.4, 0.5) is 5.82 Å². The SMILES string of the molecule is CCOc1ccc(-n2nc(C(=O)O)c(N3CC[C@@H](c4ccccc4)C3)n2)cc1. The normalized spacial score (nSPS) is 16.3. The molecule has 0 radical (unpaired) electrons. The quantitative estimate of drug-likeness (QED) is 0.708. The average molecular weight is 378 g/mol. The summed E-state index contributed by atoms with van der Waals surface area (Å²) >= 11 is 0. The number of benzene rings is 2. The minimum absolute atomic E-state index is 0.0254. The number of rotatable bonds is 6. The highest BCUT2D eigenvalue weighted by molar-refractivity contribution is 5.91. The lowest BCUT2D eigenvalue weighted by Gasteiger charge is -2.16. The van der Waals surface area contributed by atoms with E-state index in [0.717, 1.165) is 25.3 Å². The predicted molar refractivity (Wildman–Crippen MR) is 106 cm³/mol. The zero-order valence-electron chi connectivity index (χ0n) is 15.7. The average Bonchev–Trinajstić information content (AvgIpc) is 3.37. The molecule has 1 aliphatic rings. The molecule has 0 amide bonds. The third-order valence-corrected chi connectivity index (χ3v) is 4.94. The summed E-state index contributed by atoms with van der Waals surface area (Å²) in [4.78, 5) is 15.1. The highest BCUT2D eigenvalue weighted by Gasteiger charge is 2.30. The van der Waals surface area contributed by atoms with Crippen LogP contribution in [0, 0.1) is 0 Å². The Bertz CT molecular complexity index is 954. The van der Waals surface area contributed by atoms with E-state index in [1.165, 1.54) is 10.4 Å². The lowest BCUT2D eigenvalue weighted by molar-refractivity contribution is 0.0690. The molecule has 1 saturated heterocycles. The molecular formula is C21H22N4O3. The molecule has 4 rings (SSSR count). The molecule has 3 aromatic rings. The van der Waals surface area contributed by atoms with E-state index < -0.39 is 5.97 Å². The summed E-state index contributed by atoms with van der Waals surface area (Å²) in [5, 5.41) is 18.3. The van der Waals surface area contributed by atoms with Gasteiger partial charge in [-0.3, -0.25) is 0 Å². The maximum Gasteiger partial charge on any atom is 0.360 e. The molecule has 0 unspecified atom stereocenters. The molecule has 0 spiro atoms. The third kappa shape index (κ3) is 3.55. The van der Waals surface area contributed by atoms with Crippen molar-refractivity contribution in [3.8, 4) is 11.4 Å². The Labute approximate surface area is 163 Å². The second-order valence-corrected chi connectivity index (χ2v) is 6.74. The standard InChI is InChI=1S/C21H22N4O3/c1-2-28-18-10-8-17(9-11-18)25-22-19(21(26)27)20(23-25)24-13-12-16(14-24)15-6-4-3-5-7-15/h3-11,16H,2,12-14H2,1H3,(H,26,27)/t16-/m1/s1. The van der Waals surface area contributed by atoms with E-state index in [-0.39, 0.29) is 5.69 Å². The first-order valence-electron chi connectivity index (χ1n) is 9.39. The van der Waals surface area contributed by atoms with Gasteiger partial charge in [-0.1, -0.05) is 30.3 Å². The molecule has 1 aromatic heterocycles. The number of aromatic carboxylic acids is 1. The fourth-order valence-corrected chi connectivity index (χ4v) is 3.56. The molecule has 2 heterocycles. The summed E-state index contributed by atoms with van der Waals surface area (Å²) in [6.45, 7) is 3.99. The molecule has 0 saturated carbocycles. The van der Waals surface area contributed by atoms with Crippen LogP contribution in [0.25, 0.3) is 5.69 Å². The largest absolute Gasteiger partial charge is 0.494 e. The Kier molecular flexibility index (Phi) is 4.97. The zero-order chi connectivity index (χ0) is 19.5. The first-order chi connectivity index (χ1) is 13.7. The molecule has 2 aromatic carbocycles. The summed E-state index contributed by atoms with van der Waals surface area (Å²) in [5.74, 6) is 0.455. The van der Waals surface area contributed by atoms with Crippen LogP contribution < -0.4 is 9.64 Å². The zero-order valence-corrected chi connectivity index (χ0v) is 15.7. The minimum atomic E-state index is -1.07. The molecule has 1 fully saturated rings. The van der Waals surface area contributed by atoms with E-state index >= 15 is 0 Å². The third-order valence-electron chi connectivity index (χ3n) is 4.94. The van der Waals surface area contributed by atoms with Crippen molar-refractivity contribution in [1.29, 1.82) is 0 Å². The van der Waals surface area contributed by atoms with Gasteiger partial charge in [0.15, 0.2) is 5.82 Å². The number of hydrogen-bond donors (Lipinski definition) is 1. The van der Waals surface area contributed by atoms with E-state index in [4.69, 9.17) is 4.74 Å². The lowest BCUT2D eigenvalue weighted by Crippen LogP contribution is -2.22. The lowest BCUT2D eigenvalue weighted by atomic mass is 9.99. The summed E-state index contributed by atoms with van der Waals surface area (Å²) in [6, 6.07) is 17.6. The molecule has 1 aliphatic heterocycles. The van der Waals surface area contributed by atoms with Crippen LogP contribution in [0.3, 0.4) is 0 Å². The number of anilines is 1. The number of nitrogens with zero attached hydrogens (tertiary/aromatic N) is 4. The number of carbonyl (C=O) groups is 1. The van der Waals surface area contributed by atoms with E-state index in [2.05, 4.69) is 22.3 Å². The van der Waals surface area contributed by atoms with Gasteiger partial charge < -0.3 is 14.7 Å². The summed E-state index contributed by atoms with van der Waals surface area (Å²) in [5.41, 5.74) is 1.93. The van der Waals surface area contributed by atoms with Crippen molar-refractivity contribution in [2.24, 2.45) is 0 Å². The van der Waals surface area contributed by atoms with Gasteiger partial charge in [-0.2, -0.15) is 0 Å². The van der Waals surface area contributed by atoms with Crippen molar-refractivity contribution >= 4 is 11.8 Å². The maximum atomic E-state index is 11.8. The fraction of sp³-hybridized carbons (Fsp3) is 0.286. The van der Waals surface area contributed by atoms with Gasteiger partial charge in [0.05, 0.1) is 12.3 Å². The van der Waals surface area contributed by atoms with Crippen LogP contribution in [0.1, 0.15) is 35.3 Å². The van der Waals surface area contributed by atoms with E-state index in [1.54, 1.807) is 0 Å². The highest BCUT2D eigenvalue weighted by atomic mass is 16.5. The second kappa shape index (κ2) is 7.72. The number of aromatic nitrogens is 3. The van der Waals surface area contributed by atoms with Crippen molar-refractivity contribution in [3.63, 3.8) is 0 Å². The predicted octanol–water partition coefficient (Wildman–Crippen LogP) is 3.36. The maximum absolute atomic E-state index is 11.8. The van der Waals surface area contributed by atoms with Crippen LogP contribution in [-0.2, 0) is 0 Å². The summed E-state index contributed by atoms with van der Waals surface area (Å²) in [7, 11) is 0. The van der Waals surface area contributed by atoms with Gasteiger partial charge in [0.25, 0.3) is 0 Å². The first kappa shape index (κ1) is 18.0. The Morgan fingerprint density at radius 3 is 2.57 bits per heavy atom. The van der Waals surface area contributed by atoms with Crippen molar-refractivity contribution in [2.45, 2.75) is 19.3 Å². The summed E-state index contributed by atoms with van der Waals surface area (Å²) < 4.78 is 5.45. The van der Waals surface area contributed by atoms with Crippen LogP contribution in [-0.4, -0.2) is 45.8 Å². The highest BCUT2D eigenvalue weighted by Crippen LogP contribution is 2.31. The van der Waals surface area contributed by atoms with E-state index in [1.807, 2.05) is 54.3 Å². The molecule has 7 heteroatoms. The van der Waals surface area contributed by atoms with Crippen LogP contribution in [0.15, 0.2) is 54.6 Å². The van der Waals surface area contributed by atoms with Crippen LogP contribution in [0.2, 0.25) is 0 Å². The van der Waals surface area contributed by atoms with Gasteiger partial charge in [0.2, 0.25) is 5.69 Å². The molecule has 0 aliphatic carbocycles.